The topological polar surface area (TPSA) is 26.8 Å². The quantitative estimate of drug-likeness (QED) is 0.796. The zero-order valence-corrected chi connectivity index (χ0v) is 14.5. The van der Waals surface area contributed by atoms with Crippen LogP contribution in [0.1, 0.15) is 51.9 Å². The maximum absolute atomic E-state index is 12.3. The second-order valence-electron chi connectivity index (χ2n) is 7.62. The Morgan fingerprint density at radius 3 is 2.59 bits per heavy atom. The van der Waals surface area contributed by atoms with Gasteiger partial charge in [-0.3, -0.25) is 9.69 Å². The number of carbonyl (C=O) groups excluding carboxylic acids is 1. The summed E-state index contributed by atoms with van der Waals surface area (Å²) < 4.78 is 0. The summed E-state index contributed by atoms with van der Waals surface area (Å²) in [7, 11) is 2.24. The maximum atomic E-state index is 12.3. The summed E-state index contributed by atoms with van der Waals surface area (Å²) in [5.41, 5.74) is 0. The van der Waals surface area contributed by atoms with Crippen LogP contribution in [-0.2, 0) is 4.79 Å². The van der Waals surface area contributed by atoms with Gasteiger partial charge in [-0.15, -0.1) is 0 Å². The number of hydrogen-bond donors (Lipinski definition) is 0. The molecule has 0 bridgehead atoms. The zero-order chi connectivity index (χ0) is 15.5. The lowest BCUT2D eigenvalue weighted by Gasteiger charge is -2.49. The normalized spacial score (nSPS) is 32.3. The number of hydrogen-bond acceptors (Lipinski definition) is 3. The van der Waals surface area contributed by atoms with E-state index in [4.69, 9.17) is 0 Å². The second-order valence-corrected chi connectivity index (χ2v) is 7.62. The van der Waals surface area contributed by atoms with Gasteiger partial charge in [-0.05, 0) is 58.2 Å². The summed E-state index contributed by atoms with van der Waals surface area (Å²) in [5.74, 6) is 1.14. The number of nitrogens with zero attached hydrogens (tertiary/aromatic N) is 3. The van der Waals surface area contributed by atoms with Crippen molar-refractivity contribution >= 4 is 5.91 Å². The third-order valence-electron chi connectivity index (χ3n) is 6.13. The molecule has 0 aromatic heterocycles. The Bertz CT molecular complexity index is 379. The van der Waals surface area contributed by atoms with Gasteiger partial charge in [-0.25, -0.2) is 0 Å². The first-order valence-corrected chi connectivity index (χ1v) is 9.41. The van der Waals surface area contributed by atoms with Crippen molar-refractivity contribution in [2.45, 2.75) is 64.0 Å². The van der Waals surface area contributed by atoms with E-state index in [1.54, 1.807) is 0 Å². The highest BCUT2D eigenvalue weighted by Crippen LogP contribution is 2.33. The highest BCUT2D eigenvalue weighted by Gasteiger charge is 2.40. The molecule has 3 heterocycles. The van der Waals surface area contributed by atoms with E-state index in [1.165, 1.54) is 51.9 Å². The van der Waals surface area contributed by atoms with Crippen LogP contribution in [-0.4, -0.2) is 72.5 Å². The molecule has 22 heavy (non-hydrogen) atoms. The van der Waals surface area contributed by atoms with Crippen LogP contribution in [0.3, 0.4) is 0 Å². The molecule has 3 aliphatic rings. The molecule has 0 spiro atoms. The molecule has 4 heteroatoms. The Balaban J connectivity index is 1.58. The highest BCUT2D eigenvalue weighted by molar-refractivity contribution is 5.77. The number of piperidine rings is 3. The zero-order valence-electron chi connectivity index (χ0n) is 14.5. The van der Waals surface area contributed by atoms with E-state index < -0.39 is 0 Å². The Labute approximate surface area is 135 Å². The highest BCUT2D eigenvalue weighted by atomic mass is 16.2. The summed E-state index contributed by atoms with van der Waals surface area (Å²) in [6, 6.07) is 1.33. The number of unbranched alkanes of at least 4 members (excludes halogenated alkanes) is 1. The molecule has 3 aliphatic heterocycles. The number of amides is 1. The van der Waals surface area contributed by atoms with Crippen LogP contribution in [0.2, 0.25) is 0 Å². The molecule has 4 nitrogen and oxygen atoms in total. The fourth-order valence-electron chi connectivity index (χ4n) is 4.69. The van der Waals surface area contributed by atoms with Gasteiger partial charge in [-0.1, -0.05) is 13.3 Å². The lowest BCUT2D eigenvalue weighted by molar-refractivity contribution is -0.141. The Hall–Kier alpha value is -0.610. The summed E-state index contributed by atoms with van der Waals surface area (Å²) >= 11 is 0. The lowest BCUT2D eigenvalue weighted by Crippen LogP contribution is -2.58. The van der Waals surface area contributed by atoms with Crippen LogP contribution in [0.4, 0.5) is 0 Å². The van der Waals surface area contributed by atoms with Crippen LogP contribution in [0, 0.1) is 5.92 Å². The van der Waals surface area contributed by atoms with E-state index in [9.17, 15) is 4.79 Å². The molecule has 126 valence electrons. The molecule has 0 radical (unpaired) electrons. The number of fused-ring (bicyclic) bond motifs is 1. The monoisotopic (exact) mass is 307 g/mol. The third-order valence-corrected chi connectivity index (χ3v) is 6.13. The molecule has 0 unspecified atom stereocenters. The lowest BCUT2D eigenvalue weighted by atomic mass is 9.82. The summed E-state index contributed by atoms with van der Waals surface area (Å²) in [6.45, 7) is 8.13. The molecule has 1 amide bonds. The van der Waals surface area contributed by atoms with Crippen molar-refractivity contribution in [1.29, 1.82) is 0 Å². The van der Waals surface area contributed by atoms with E-state index in [0.717, 1.165) is 37.8 Å². The molecule has 0 aromatic carbocycles. The Morgan fingerprint density at radius 2 is 1.86 bits per heavy atom. The van der Waals surface area contributed by atoms with E-state index in [1.807, 2.05) is 0 Å². The van der Waals surface area contributed by atoms with Crippen LogP contribution < -0.4 is 0 Å². The molecule has 3 fully saturated rings. The maximum Gasteiger partial charge on any atom is 0.222 e. The molecule has 2 atom stereocenters. The van der Waals surface area contributed by atoms with Crippen molar-refractivity contribution in [3.05, 3.63) is 0 Å². The molecule has 0 aromatic rings. The summed E-state index contributed by atoms with van der Waals surface area (Å²) in [5, 5.41) is 0. The minimum absolute atomic E-state index is 0.419. The number of likely N-dealkylation sites (tertiary alicyclic amines) is 3. The van der Waals surface area contributed by atoms with Gasteiger partial charge in [-0.2, -0.15) is 0 Å². The molecule has 3 rings (SSSR count). The van der Waals surface area contributed by atoms with E-state index in [-0.39, 0.29) is 0 Å². The van der Waals surface area contributed by atoms with Crippen molar-refractivity contribution in [3.63, 3.8) is 0 Å². The molecule has 0 saturated carbocycles. The first kappa shape index (κ1) is 16.3. The van der Waals surface area contributed by atoms with Gasteiger partial charge in [0.1, 0.15) is 0 Å². The van der Waals surface area contributed by atoms with Crippen molar-refractivity contribution in [2.75, 3.05) is 39.8 Å². The first-order valence-electron chi connectivity index (χ1n) is 9.41. The smallest absolute Gasteiger partial charge is 0.222 e. The first-order chi connectivity index (χ1) is 10.7. The van der Waals surface area contributed by atoms with Crippen LogP contribution >= 0.6 is 0 Å². The van der Waals surface area contributed by atoms with E-state index >= 15 is 0 Å². The van der Waals surface area contributed by atoms with Crippen molar-refractivity contribution in [2.24, 2.45) is 5.92 Å². The van der Waals surface area contributed by atoms with Gasteiger partial charge in [0, 0.05) is 38.1 Å². The van der Waals surface area contributed by atoms with Gasteiger partial charge >= 0.3 is 0 Å². The van der Waals surface area contributed by atoms with Crippen LogP contribution in [0.15, 0.2) is 0 Å². The molecular weight excluding hydrogens is 274 g/mol. The van der Waals surface area contributed by atoms with Crippen molar-refractivity contribution < 1.29 is 4.79 Å². The van der Waals surface area contributed by atoms with Gasteiger partial charge in [0.25, 0.3) is 0 Å². The Kier molecular flexibility index (Phi) is 5.40. The molecule has 0 aliphatic carbocycles. The van der Waals surface area contributed by atoms with Gasteiger partial charge in [0.05, 0.1) is 0 Å². The molecule has 3 saturated heterocycles. The predicted molar refractivity (Wildman–Crippen MR) is 89.8 cm³/mol. The van der Waals surface area contributed by atoms with Gasteiger partial charge < -0.3 is 9.80 Å². The number of carbonyl (C=O) groups is 1. The Morgan fingerprint density at radius 1 is 1.09 bits per heavy atom. The van der Waals surface area contributed by atoms with Crippen LogP contribution in [0.5, 0.6) is 0 Å². The number of rotatable bonds is 4. The predicted octanol–water partition coefficient (Wildman–Crippen LogP) is 2.19. The summed E-state index contributed by atoms with van der Waals surface area (Å²) in [6.07, 6.45) is 8.10. The molecule has 0 N–H and O–H groups in total. The van der Waals surface area contributed by atoms with E-state index in [2.05, 4.69) is 28.7 Å². The van der Waals surface area contributed by atoms with E-state index in [0.29, 0.717) is 11.9 Å². The standard InChI is InChI=1S/C18H33N3O/c1-3-4-10-21-17-9-13-20(14-15(17)5-6-18(21)22)16-7-11-19(2)12-8-16/h15-17H,3-14H2,1-2H3/t15-,17+/m0/s1. The fraction of sp³-hybridized carbons (Fsp3) is 0.944. The minimum Gasteiger partial charge on any atom is -0.339 e. The van der Waals surface area contributed by atoms with Crippen molar-refractivity contribution in [1.82, 2.24) is 14.7 Å². The van der Waals surface area contributed by atoms with Crippen molar-refractivity contribution in [3.8, 4) is 0 Å². The van der Waals surface area contributed by atoms with Gasteiger partial charge in [0.15, 0.2) is 0 Å². The fourth-order valence-corrected chi connectivity index (χ4v) is 4.69. The average Bonchev–Trinajstić information content (AvgIpc) is 2.54. The minimum atomic E-state index is 0.419. The van der Waals surface area contributed by atoms with Crippen LogP contribution in [0.25, 0.3) is 0 Å². The largest absolute Gasteiger partial charge is 0.339 e. The summed E-state index contributed by atoms with van der Waals surface area (Å²) in [4.78, 5) is 19.7. The second kappa shape index (κ2) is 7.31. The van der Waals surface area contributed by atoms with Gasteiger partial charge in [0.2, 0.25) is 5.91 Å². The third kappa shape index (κ3) is 3.48. The average molecular weight is 307 g/mol. The SMILES string of the molecule is CCCCN1C(=O)CC[C@H]2CN(C3CCN(C)CC3)CC[C@H]21. The molecular formula is C18H33N3O.